The zero-order valence-corrected chi connectivity index (χ0v) is 8.93. The lowest BCUT2D eigenvalue weighted by Gasteiger charge is -2.09. The zero-order chi connectivity index (χ0) is 11.5. The maximum atomic E-state index is 10.8. The Kier molecular flexibility index (Phi) is 2.77. The summed E-state index contributed by atoms with van der Waals surface area (Å²) in [6, 6.07) is 8.54. The lowest BCUT2D eigenvalue weighted by atomic mass is 10.1. The Morgan fingerprint density at radius 2 is 2.19 bits per heavy atom. The molecule has 0 aromatic heterocycles. The average molecular weight is 216 g/mol. The van der Waals surface area contributed by atoms with Gasteiger partial charge in [-0.15, -0.1) is 0 Å². The summed E-state index contributed by atoms with van der Waals surface area (Å²) >= 11 is 0. The average Bonchev–Trinajstić information content (AvgIpc) is 2.29. The molecule has 1 N–H and O–H groups in total. The number of aromatic hydroxyl groups is 1. The summed E-state index contributed by atoms with van der Waals surface area (Å²) in [5, 5.41) is 11.2. The van der Waals surface area contributed by atoms with E-state index in [1.807, 2.05) is 13.0 Å². The normalized spacial score (nSPS) is 10.3. The minimum absolute atomic E-state index is 0.165. The van der Waals surface area contributed by atoms with E-state index >= 15 is 0 Å². The van der Waals surface area contributed by atoms with Crippen LogP contribution in [-0.4, -0.2) is 18.0 Å². The first kappa shape index (κ1) is 10.5. The third-order valence-corrected chi connectivity index (χ3v) is 2.38. The number of fused-ring (bicyclic) bond motifs is 1. The Hall–Kier alpha value is -2.03. The van der Waals surface area contributed by atoms with Crippen LogP contribution in [0.4, 0.5) is 0 Å². The van der Waals surface area contributed by atoms with Crippen LogP contribution >= 0.6 is 0 Å². The first-order valence-electron chi connectivity index (χ1n) is 5.10. The minimum Gasteiger partial charge on any atom is -0.507 e. The Morgan fingerprint density at radius 3 is 2.88 bits per heavy atom. The van der Waals surface area contributed by atoms with Crippen LogP contribution in [0.15, 0.2) is 30.3 Å². The molecule has 0 amide bonds. The molecule has 16 heavy (non-hydrogen) atoms. The number of carbonyl (C=O) groups is 1. The second-order valence-corrected chi connectivity index (χ2v) is 3.45. The van der Waals surface area contributed by atoms with Gasteiger partial charge in [-0.2, -0.15) is 0 Å². The lowest BCUT2D eigenvalue weighted by Crippen LogP contribution is -1.94. The third-order valence-electron chi connectivity index (χ3n) is 2.38. The van der Waals surface area contributed by atoms with Gasteiger partial charge in [-0.1, -0.05) is 12.1 Å². The van der Waals surface area contributed by atoms with Crippen LogP contribution in [0.25, 0.3) is 10.8 Å². The van der Waals surface area contributed by atoms with Crippen molar-refractivity contribution in [2.75, 3.05) is 6.61 Å². The van der Waals surface area contributed by atoms with Gasteiger partial charge >= 0.3 is 0 Å². The van der Waals surface area contributed by atoms with Gasteiger partial charge in [0.15, 0.2) is 0 Å². The van der Waals surface area contributed by atoms with Gasteiger partial charge in [0.1, 0.15) is 17.8 Å². The van der Waals surface area contributed by atoms with Crippen LogP contribution in [-0.2, 0) is 0 Å². The first-order valence-corrected chi connectivity index (χ1v) is 5.10. The smallest absolute Gasteiger partial charge is 0.150 e. The Labute approximate surface area is 93.3 Å². The molecule has 2 rings (SSSR count). The van der Waals surface area contributed by atoms with Crippen LogP contribution in [0, 0.1) is 0 Å². The Bertz CT molecular complexity index is 532. The van der Waals surface area contributed by atoms with Gasteiger partial charge in [-0.05, 0) is 30.5 Å². The van der Waals surface area contributed by atoms with Crippen molar-refractivity contribution in [3.05, 3.63) is 35.9 Å². The molecule has 3 nitrogen and oxygen atoms in total. The molecule has 0 bridgehead atoms. The Morgan fingerprint density at radius 1 is 1.38 bits per heavy atom. The standard InChI is InChI=1S/C13H12O3/c1-2-16-12-7-9(8-14)6-10-4-3-5-11(15)13(10)12/h3-8,15H,2H2,1H3. The number of carbonyl (C=O) groups excluding carboxylic acids is 1. The second kappa shape index (κ2) is 4.23. The van der Waals surface area contributed by atoms with E-state index in [4.69, 9.17) is 4.74 Å². The highest BCUT2D eigenvalue weighted by Gasteiger charge is 2.08. The summed E-state index contributed by atoms with van der Waals surface area (Å²) < 4.78 is 5.42. The van der Waals surface area contributed by atoms with Gasteiger partial charge < -0.3 is 9.84 Å². The van der Waals surface area contributed by atoms with Crippen LogP contribution in [0.2, 0.25) is 0 Å². The Balaban J connectivity index is 2.76. The molecule has 0 aliphatic rings. The number of hydrogen-bond acceptors (Lipinski definition) is 3. The maximum absolute atomic E-state index is 10.8. The summed E-state index contributed by atoms with van der Waals surface area (Å²) in [6.07, 6.45) is 0.770. The molecule has 3 heteroatoms. The number of phenols is 1. The van der Waals surface area contributed by atoms with E-state index in [9.17, 15) is 9.90 Å². The molecule has 0 spiro atoms. The van der Waals surface area contributed by atoms with E-state index in [1.165, 1.54) is 0 Å². The second-order valence-electron chi connectivity index (χ2n) is 3.45. The maximum Gasteiger partial charge on any atom is 0.150 e. The van der Waals surface area contributed by atoms with Gasteiger partial charge in [0, 0.05) is 5.56 Å². The van der Waals surface area contributed by atoms with E-state index in [2.05, 4.69) is 0 Å². The fourth-order valence-electron chi connectivity index (χ4n) is 1.73. The van der Waals surface area contributed by atoms with Crippen molar-refractivity contribution in [1.29, 1.82) is 0 Å². The number of phenolic OH excluding ortho intramolecular Hbond substituents is 1. The zero-order valence-electron chi connectivity index (χ0n) is 8.93. The molecule has 2 aromatic carbocycles. The SMILES string of the molecule is CCOc1cc(C=O)cc2cccc(O)c12. The molecule has 2 aromatic rings. The third kappa shape index (κ3) is 1.72. The summed E-state index contributed by atoms with van der Waals surface area (Å²) in [4.78, 5) is 10.8. The van der Waals surface area contributed by atoms with E-state index in [-0.39, 0.29) is 5.75 Å². The van der Waals surface area contributed by atoms with Crippen LogP contribution < -0.4 is 4.74 Å². The molecule has 0 fully saturated rings. The molecule has 0 saturated heterocycles. The quantitative estimate of drug-likeness (QED) is 0.802. The first-order chi connectivity index (χ1) is 7.76. The fraction of sp³-hybridized carbons (Fsp3) is 0.154. The highest BCUT2D eigenvalue weighted by atomic mass is 16.5. The molecule has 82 valence electrons. The summed E-state index contributed by atoms with van der Waals surface area (Å²) in [7, 11) is 0. The molecule has 0 heterocycles. The number of benzene rings is 2. The molecule has 0 atom stereocenters. The molecule has 0 aliphatic carbocycles. The van der Waals surface area contributed by atoms with Crippen molar-refractivity contribution < 1.29 is 14.6 Å². The van der Waals surface area contributed by atoms with Gasteiger partial charge in [0.05, 0.1) is 12.0 Å². The van der Waals surface area contributed by atoms with Gasteiger partial charge in [0.2, 0.25) is 0 Å². The van der Waals surface area contributed by atoms with Crippen molar-refractivity contribution in [1.82, 2.24) is 0 Å². The number of aldehydes is 1. The number of ether oxygens (including phenoxy) is 1. The van der Waals surface area contributed by atoms with Crippen LogP contribution in [0.3, 0.4) is 0 Å². The predicted octanol–water partition coefficient (Wildman–Crippen LogP) is 2.76. The largest absolute Gasteiger partial charge is 0.507 e. The lowest BCUT2D eigenvalue weighted by molar-refractivity contribution is 0.112. The van der Waals surface area contributed by atoms with Crippen LogP contribution in [0.5, 0.6) is 11.5 Å². The van der Waals surface area contributed by atoms with E-state index in [0.29, 0.717) is 23.3 Å². The monoisotopic (exact) mass is 216 g/mol. The molecule has 0 unspecified atom stereocenters. The van der Waals surface area contributed by atoms with Gasteiger partial charge in [0.25, 0.3) is 0 Å². The predicted molar refractivity (Wildman–Crippen MR) is 62.2 cm³/mol. The molecular formula is C13H12O3. The topological polar surface area (TPSA) is 46.5 Å². The highest BCUT2D eigenvalue weighted by molar-refractivity contribution is 5.97. The van der Waals surface area contributed by atoms with Crippen molar-refractivity contribution in [3.8, 4) is 11.5 Å². The van der Waals surface area contributed by atoms with Gasteiger partial charge in [-0.3, -0.25) is 4.79 Å². The van der Waals surface area contributed by atoms with Crippen molar-refractivity contribution in [3.63, 3.8) is 0 Å². The molecule has 0 radical (unpaired) electrons. The minimum atomic E-state index is 0.165. The summed E-state index contributed by atoms with van der Waals surface area (Å²) in [6.45, 7) is 2.35. The molecule has 0 saturated carbocycles. The van der Waals surface area contributed by atoms with Crippen molar-refractivity contribution >= 4 is 17.1 Å². The summed E-state index contributed by atoms with van der Waals surface area (Å²) in [5.74, 6) is 0.707. The van der Waals surface area contributed by atoms with E-state index in [1.54, 1.807) is 24.3 Å². The van der Waals surface area contributed by atoms with E-state index < -0.39 is 0 Å². The highest BCUT2D eigenvalue weighted by Crippen LogP contribution is 2.34. The fourth-order valence-corrected chi connectivity index (χ4v) is 1.73. The number of hydrogen-bond donors (Lipinski definition) is 1. The molecule has 0 aliphatic heterocycles. The van der Waals surface area contributed by atoms with Crippen LogP contribution in [0.1, 0.15) is 17.3 Å². The number of rotatable bonds is 3. The van der Waals surface area contributed by atoms with Crippen molar-refractivity contribution in [2.45, 2.75) is 6.92 Å². The molecular weight excluding hydrogens is 204 g/mol. The summed E-state index contributed by atoms with van der Waals surface area (Å²) in [5.41, 5.74) is 0.543. The van der Waals surface area contributed by atoms with Gasteiger partial charge in [-0.25, -0.2) is 0 Å². The van der Waals surface area contributed by atoms with E-state index in [0.717, 1.165) is 11.7 Å². The van der Waals surface area contributed by atoms with Crippen molar-refractivity contribution in [2.24, 2.45) is 0 Å².